The van der Waals surface area contributed by atoms with Gasteiger partial charge in [0.1, 0.15) is 5.52 Å². The first-order chi connectivity index (χ1) is 9.22. The molecule has 0 atom stereocenters. The van der Waals surface area contributed by atoms with Crippen LogP contribution in [0, 0.1) is 0 Å². The third-order valence-corrected chi connectivity index (χ3v) is 3.00. The highest BCUT2D eigenvalue weighted by atomic mass is 16.5. The molecule has 3 rings (SSSR count). The van der Waals surface area contributed by atoms with Crippen LogP contribution in [0.2, 0.25) is 0 Å². The van der Waals surface area contributed by atoms with E-state index in [0.29, 0.717) is 27.5 Å². The summed E-state index contributed by atoms with van der Waals surface area (Å²) in [5, 5.41) is 0.425. The number of carbonyl (C=O) groups excluding carboxylic acids is 1. The van der Waals surface area contributed by atoms with E-state index in [4.69, 9.17) is 4.74 Å². The highest BCUT2D eigenvalue weighted by molar-refractivity contribution is 6.04. The van der Waals surface area contributed by atoms with Crippen molar-refractivity contribution in [1.82, 2.24) is 9.97 Å². The Bertz CT molecular complexity index is 852. The summed E-state index contributed by atoms with van der Waals surface area (Å²) in [6.07, 6.45) is 1.56. The highest BCUT2D eigenvalue weighted by Gasteiger charge is 2.14. The average Bonchev–Trinajstić information content (AvgIpc) is 2.46. The van der Waals surface area contributed by atoms with Crippen LogP contribution >= 0.6 is 0 Å². The molecule has 0 bridgehead atoms. The summed E-state index contributed by atoms with van der Waals surface area (Å²) >= 11 is 0. The molecule has 0 unspecified atom stereocenters. The van der Waals surface area contributed by atoms with Crippen LogP contribution in [0.15, 0.2) is 41.3 Å². The van der Waals surface area contributed by atoms with Gasteiger partial charge in [0.2, 0.25) is 5.43 Å². The van der Waals surface area contributed by atoms with Crippen molar-refractivity contribution in [3.63, 3.8) is 0 Å². The van der Waals surface area contributed by atoms with E-state index in [1.165, 1.54) is 7.11 Å². The molecule has 1 N–H and O–H groups in total. The molecular formula is C14H10N2O3. The van der Waals surface area contributed by atoms with Crippen molar-refractivity contribution in [2.75, 3.05) is 7.11 Å². The molecule has 0 aliphatic carbocycles. The maximum absolute atomic E-state index is 12.3. The Morgan fingerprint density at radius 2 is 2.11 bits per heavy atom. The fourth-order valence-corrected chi connectivity index (χ4v) is 2.11. The number of ether oxygens (including phenoxy) is 1. The number of hydrogen-bond donors (Lipinski definition) is 1. The van der Waals surface area contributed by atoms with Gasteiger partial charge in [-0.25, -0.2) is 4.79 Å². The third kappa shape index (κ3) is 1.67. The smallest absolute Gasteiger partial charge is 0.339 e. The van der Waals surface area contributed by atoms with Crippen LogP contribution in [0.4, 0.5) is 0 Å². The number of fused-ring (bicyclic) bond motifs is 2. The number of pyridine rings is 2. The van der Waals surface area contributed by atoms with Crippen LogP contribution in [-0.2, 0) is 4.74 Å². The summed E-state index contributed by atoms with van der Waals surface area (Å²) in [5.41, 5.74) is 1.56. The topological polar surface area (TPSA) is 72.1 Å². The van der Waals surface area contributed by atoms with Crippen molar-refractivity contribution in [2.24, 2.45) is 0 Å². The van der Waals surface area contributed by atoms with E-state index >= 15 is 0 Å². The first kappa shape index (κ1) is 11.4. The summed E-state index contributed by atoms with van der Waals surface area (Å²) in [4.78, 5) is 31.2. The molecule has 0 radical (unpaired) electrons. The van der Waals surface area contributed by atoms with Crippen LogP contribution in [0.3, 0.4) is 0 Å². The number of esters is 1. The average molecular weight is 254 g/mol. The van der Waals surface area contributed by atoms with Gasteiger partial charge in [0, 0.05) is 11.6 Å². The molecule has 0 aliphatic rings. The minimum atomic E-state index is -0.482. The van der Waals surface area contributed by atoms with Crippen molar-refractivity contribution >= 4 is 27.9 Å². The van der Waals surface area contributed by atoms with Crippen LogP contribution in [0.1, 0.15) is 10.4 Å². The summed E-state index contributed by atoms with van der Waals surface area (Å²) in [6.45, 7) is 0. The Morgan fingerprint density at radius 1 is 1.26 bits per heavy atom. The van der Waals surface area contributed by atoms with Gasteiger partial charge in [0.25, 0.3) is 0 Å². The van der Waals surface area contributed by atoms with E-state index in [1.807, 2.05) is 0 Å². The number of para-hydroxylation sites is 1. The summed E-state index contributed by atoms with van der Waals surface area (Å²) in [5.74, 6) is -0.482. The Kier molecular flexibility index (Phi) is 2.52. The van der Waals surface area contributed by atoms with E-state index < -0.39 is 5.97 Å². The lowest BCUT2D eigenvalue weighted by molar-refractivity contribution is 0.0603. The molecule has 0 saturated carbocycles. The molecule has 5 heteroatoms. The fraction of sp³-hybridized carbons (Fsp3) is 0.0714. The van der Waals surface area contributed by atoms with Gasteiger partial charge < -0.3 is 9.72 Å². The second-order valence-corrected chi connectivity index (χ2v) is 4.07. The maximum Gasteiger partial charge on any atom is 0.339 e. The number of nitrogens with zero attached hydrogens (tertiary/aromatic N) is 1. The Morgan fingerprint density at radius 3 is 2.89 bits per heavy atom. The highest BCUT2D eigenvalue weighted by Crippen LogP contribution is 2.17. The second kappa shape index (κ2) is 4.20. The van der Waals surface area contributed by atoms with E-state index in [0.717, 1.165) is 0 Å². The first-order valence-electron chi connectivity index (χ1n) is 5.70. The van der Waals surface area contributed by atoms with Crippen LogP contribution in [0.25, 0.3) is 21.9 Å². The Balaban J connectivity index is 2.51. The summed E-state index contributed by atoms with van der Waals surface area (Å²) < 4.78 is 4.72. The van der Waals surface area contributed by atoms with Gasteiger partial charge >= 0.3 is 5.97 Å². The molecule has 0 aliphatic heterocycles. The summed E-state index contributed by atoms with van der Waals surface area (Å²) in [6, 6.07) is 8.40. The van der Waals surface area contributed by atoms with Gasteiger partial charge in [-0.2, -0.15) is 0 Å². The third-order valence-electron chi connectivity index (χ3n) is 3.00. The molecule has 0 amide bonds. The standard InChI is InChI=1S/C14H10N2O3/c1-19-14(18)9-5-2-4-8-11(9)16-10-6-3-7-15-12(10)13(8)17/h2-7H,1H3,(H,16,17). The molecule has 2 heterocycles. The zero-order valence-corrected chi connectivity index (χ0v) is 10.1. The number of benzene rings is 1. The molecule has 0 fully saturated rings. The molecule has 3 aromatic rings. The van der Waals surface area contributed by atoms with E-state index in [-0.39, 0.29) is 5.43 Å². The zero-order valence-electron chi connectivity index (χ0n) is 10.1. The van der Waals surface area contributed by atoms with Gasteiger partial charge in [-0.15, -0.1) is 0 Å². The number of aromatic nitrogens is 2. The number of H-pyrrole nitrogens is 1. The maximum atomic E-state index is 12.3. The molecule has 19 heavy (non-hydrogen) atoms. The lowest BCUT2D eigenvalue weighted by Gasteiger charge is -2.06. The number of carbonyl (C=O) groups is 1. The molecule has 0 spiro atoms. The van der Waals surface area contributed by atoms with Gasteiger partial charge in [-0.1, -0.05) is 6.07 Å². The van der Waals surface area contributed by atoms with Crippen molar-refractivity contribution < 1.29 is 9.53 Å². The van der Waals surface area contributed by atoms with Crippen molar-refractivity contribution in [3.05, 3.63) is 52.3 Å². The molecular weight excluding hydrogens is 244 g/mol. The molecule has 94 valence electrons. The fourth-order valence-electron chi connectivity index (χ4n) is 2.11. The van der Waals surface area contributed by atoms with Crippen LogP contribution in [0.5, 0.6) is 0 Å². The second-order valence-electron chi connectivity index (χ2n) is 4.07. The first-order valence-corrected chi connectivity index (χ1v) is 5.70. The largest absolute Gasteiger partial charge is 0.465 e. The SMILES string of the molecule is COC(=O)c1cccc2c(=O)c3ncccc3[nH]c12. The molecule has 0 saturated heterocycles. The molecule has 5 nitrogen and oxygen atoms in total. The molecule has 2 aromatic heterocycles. The Labute approximate surface area is 107 Å². The number of rotatable bonds is 1. The predicted octanol–water partition coefficient (Wildman–Crippen LogP) is 1.86. The lowest BCUT2D eigenvalue weighted by Crippen LogP contribution is -2.10. The number of aromatic amines is 1. The van der Waals surface area contributed by atoms with Crippen molar-refractivity contribution in [3.8, 4) is 0 Å². The summed E-state index contributed by atoms with van der Waals surface area (Å²) in [7, 11) is 1.31. The normalized spacial score (nSPS) is 10.8. The van der Waals surface area contributed by atoms with Crippen molar-refractivity contribution in [2.45, 2.75) is 0 Å². The van der Waals surface area contributed by atoms with Crippen LogP contribution < -0.4 is 5.43 Å². The van der Waals surface area contributed by atoms with Crippen molar-refractivity contribution in [1.29, 1.82) is 0 Å². The number of methoxy groups -OCH3 is 1. The van der Waals surface area contributed by atoms with Gasteiger partial charge in [0.15, 0.2) is 0 Å². The quantitative estimate of drug-likeness (QED) is 0.531. The van der Waals surface area contributed by atoms with E-state index in [1.54, 1.807) is 36.5 Å². The Hall–Kier alpha value is -2.69. The molecule has 1 aromatic carbocycles. The minimum absolute atomic E-state index is 0.199. The minimum Gasteiger partial charge on any atom is -0.465 e. The number of nitrogens with one attached hydrogen (secondary N) is 1. The van der Waals surface area contributed by atoms with Crippen LogP contribution in [-0.4, -0.2) is 23.0 Å². The number of hydrogen-bond acceptors (Lipinski definition) is 4. The zero-order chi connectivity index (χ0) is 13.4. The monoisotopic (exact) mass is 254 g/mol. The van der Waals surface area contributed by atoms with Gasteiger partial charge in [-0.3, -0.25) is 9.78 Å². The van der Waals surface area contributed by atoms with E-state index in [2.05, 4.69) is 9.97 Å². The van der Waals surface area contributed by atoms with Gasteiger partial charge in [0.05, 0.1) is 23.7 Å². The predicted molar refractivity (Wildman–Crippen MR) is 71.2 cm³/mol. The lowest BCUT2D eigenvalue weighted by atomic mass is 10.1. The van der Waals surface area contributed by atoms with Gasteiger partial charge in [-0.05, 0) is 24.3 Å². The van der Waals surface area contributed by atoms with E-state index in [9.17, 15) is 9.59 Å².